The van der Waals surface area contributed by atoms with Crippen molar-refractivity contribution in [1.29, 1.82) is 0 Å². The van der Waals surface area contributed by atoms with Crippen molar-refractivity contribution in [2.45, 2.75) is 13.8 Å². The third-order valence-electron chi connectivity index (χ3n) is 3.89. The van der Waals surface area contributed by atoms with Crippen LogP contribution in [-0.4, -0.2) is 56.0 Å². The molecule has 6 nitrogen and oxygen atoms in total. The molecule has 0 radical (unpaired) electrons. The number of amides is 2. The van der Waals surface area contributed by atoms with Gasteiger partial charge in [0.1, 0.15) is 0 Å². The van der Waals surface area contributed by atoms with Crippen molar-refractivity contribution >= 4 is 34.8 Å². The fourth-order valence-corrected chi connectivity index (χ4v) is 2.92. The van der Waals surface area contributed by atoms with Crippen LogP contribution in [0.2, 0.25) is 5.02 Å². The number of rotatable bonds is 5. The van der Waals surface area contributed by atoms with E-state index >= 15 is 0 Å². The van der Waals surface area contributed by atoms with Crippen LogP contribution in [0.4, 0.5) is 11.4 Å². The molecule has 1 heterocycles. The molecule has 1 aromatic rings. The summed E-state index contributed by atoms with van der Waals surface area (Å²) in [6.45, 7) is 8.20. The van der Waals surface area contributed by atoms with Gasteiger partial charge in [-0.2, -0.15) is 0 Å². The second-order valence-electron chi connectivity index (χ2n) is 5.52. The molecular weight excluding hydrogens is 316 g/mol. The van der Waals surface area contributed by atoms with Gasteiger partial charge in [0.25, 0.3) is 0 Å². The molecule has 126 valence electrons. The van der Waals surface area contributed by atoms with Crippen molar-refractivity contribution < 1.29 is 9.59 Å². The molecule has 0 bridgehead atoms. The Morgan fingerprint density at radius 2 is 1.91 bits per heavy atom. The van der Waals surface area contributed by atoms with Crippen LogP contribution >= 0.6 is 11.6 Å². The minimum Gasteiger partial charge on any atom is -0.366 e. The average Bonchev–Trinajstić information content (AvgIpc) is 2.53. The highest BCUT2D eigenvalue weighted by molar-refractivity contribution is 6.34. The van der Waals surface area contributed by atoms with Crippen LogP contribution in [0.1, 0.15) is 13.8 Å². The third-order valence-corrected chi connectivity index (χ3v) is 4.20. The SMILES string of the molecule is CCN1CCN(c2c(Cl)cccc2NC(=O)CNC(C)=O)CC1. The molecule has 1 saturated heterocycles. The molecule has 1 aliphatic rings. The number of hydrogen-bond acceptors (Lipinski definition) is 4. The predicted octanol–water partition coefficient (Wildman–Crippen LogP) is 1.56. The van der Waals surface area contributed by atoms with Crippen LogP contribution < -0.4 is 15.5 Å². The molecule has 1 fully saturated rings. The quantitative estimate of drug-likeness (QED) is 0.855. The maximum absolute atomic E-state index is 12.0. The first-order valence-electron chi connectivity index (χ1n) is 7.81. The summed E-state index contributed by atoms with van der Waals surface area (Å²) in [7, 11) is 0. The van der Waals surface area contributed by atoms with E-state index in [1.165, 1.54) is 6.92 Å². The number of likely N-dealkylation sites (N-methyl/N-ethyl adjacent to an activating group) is 1. The van der Waals surface area contributed by atoms with E-state index in [4.69, 9.17) is 11.6 Å². The molecule has 0 saturated carbocycles. The van der Waals surface area contributed by atoms with Crippen LogP contribution in [0.5, 0.6) is 0 Å². The molecule has 0 spiro atoms. The van der Waals surface area contributed by atoms with E-state index in [9.17, 15) is 9.59 Å². The summed E-state index contributed by atoms with van der Waals surface area (Å²) in [5.41, 5.74) is 1.53. The first-order valence-corrected chi connectivity index (χ1v) is 8.19. The van der Waals surface area contributed by atoms with Crippen molar-refractivity contribution in [3.05, 3.63) is 23.2 Å². The summed E-state index contributed by atoms with van der Waals surface area (Å²) in [5, 5.41) is 5.94. The maximum atomic E-state index is 12.0. The van der Waals surface area contributed by atoms with Gasteiger partial charge >= 0.3 is 0 Å². The average molecular weight is 339 g/mol. The zero-order chi connectivity index (χ0) is 16.8. The number of nitrogens with one attached hydrogen (secondary N) is 2. The number of benzene rings is 1. The smallest absolute Gasteiger partial charge is 0.243 e. The van der Waals surface area contributed by atoms with Gasteiger partial charge in [-0.3, -0.25) is 9.59 Å². The highest BCUT2D eigenvalue weighted by Gasteiger charge is 2.21. The van der Waals surface area contributed by atoms with Crippen LogP contribution in [0.3, 0.4) is 0 Å². The van der Waals surface area contributed by atoms with E-state index < -0.39 is 0 Å². The van der Waals surface area contributed by atoms with Crippen molar-refractivity contribution in [2.75, 3.05) is 49.5 Å². The van der Waals surface area contributed by atoms with Crippen LogP contribution in [-0.2, 0) is 9.59 Å². The number of hydrogen-bond donors (Lipinski definition) is 2. The number of halogens is 1. The van der Waals surface area contributed by atoms with Gasteiger partial charge in [-0.05, 0) is 18.7 Å². The third kappa shape index (κ3) is 4.84. The molecule has 2 N–H and O–H groups in total. The predicted molar refractivity (Wildman–Crippen MR) is 93.1 cm³/mol. The molecule has 1 aliphatic heterocycles. The standard InChI is InChI=1S/C16H23ClN4O2/c1-3-20-7-9-21(10-8-20)16-13(17)5-4-6-14(16)19-15(23)11-18-12(2)22/h4-6H,3,7-11H2,1-2H3,(H,18,22)(H,19,23). The molecule has 2 rings (SSSR count). The maximum Gasteiger partial charge on any atom is 0.243 e. The van der Waals surface area contributed by atoms with Crippen molar-refractivity contribution in [3.63, 3.8) is 0 Å². The fraction of sp³-hybridized carbons (Fsp3) is 0.500. The topological polar surface area (TPSA) is 64.7 Å². The summed E-state index contributed by atoms with van der Waals surface area (Å²) >= 11 is 6.37. The van der Waals surface area contributed by atoms with Crippen LogP contribution in [0.15, 0.2) is 18.2 Å². The second-order valence-corrected chi connectivity index (χ2v) is 5.92. The Morgan fingerprint density at radius 3 is 2.52 bits per heavy atom. The zero-order valence-corrected chi connectivity index (χ0v) is 14.3. The molecular formula is C16H23ClN4O2. The summed E-state index contributed by atoms with van der Waals surface area (Å²) in [4.78, 5) is 27.4. The minimum atomic E-state index is -0.268. The highest BCUT2D eigenvalue weighted by atomic mass is 35.5. The van der Waals surface area contributed by atoms with E-state index in [1.807, 2.05) is 18.2 Å². The van der Waals surface area contributed by atoms with Gasteiger partial charge in [-0.25, -0.2) is 0 Å². The number of para-hydroxylation sites is 1. The Hall–Kier alpha value is -1.79. The molecule has 0 aromatic heterocycles. The highest BCUT2D eigenvalue weighted by Crippen LogP contribution is 2.34. The molecule has 23 heavy (non-hydrogen) atoms. The number of anilines is 2. The molecule has 0 aliphatic carbocycles. The van der Waals surface area contributed by atoms with E-state index in [0.29, 0.717) is 10.7 Å². The number of nitrogens with zero attached hydrogens (tertiary/aromatic N) is 2. The zero-order valence-electron chi connectivity index (χ0n) is 13.6. The Bertz CT molecular complexity index is 571. The van der Waals surface area contributed by atoms with E-state index in [1.54, 1.807) is 0 Å². The Labute approximate surface area is 141 Å². The van der Waals surface area contributed by atoms with Gasteiger partial charge in [0, 0.05) is 33.1 Å². The molecule has 1 aromatic carbocycles. The van der Waals surface area contributed by atoms with Gasteiger partial charge in [0.15, 0.2) is 0 Å². The largest absolute Gasteiger partial charge is 0.366 e. The van der Waals surface area contributed by atoms with Gasteiger partial charge in [0.05, 0.1) is 22.9 Å². The Balaban J connectivity index is 2.10. The lowest BCUT2D eigenvalue weighted by Gasteiger charge is -2.36. The summed E-state index contributed by atoms with van der Waals surface area (Å²) < 4.78 is 0. The van der Waals surface area contributed by atoms with Crippen molar-refractivity contribution in [2.24, 2.45) is 0 Å². The van der Waals surface area contributed by atoms with E-state index in [2.05, 4.69) is 27.4 Å². The van der Waals surface area contributed by atoms with Crippen molar-refractivity contribution in [3.8, 4) is 0 Å². The lowest BCUT2D eigenvalue weighted by Crippen LogP contribution is -2.46. The lowest BCUT2D eigenvalue weighted by atomic mass is 10.2. The molecule has 0 unspecified atom stereocenters. The normalized spacial score (nSPS) is 15.3. The summed E-state index contributed by atoms with van der Waals surface area (Å²) in [6.07, 6.45) is 0. The first-order chi connectivity index (χ1) is 11.0. The number of piperazine rings is 1. The Kier molecular flexibility index (Phi) is 6.24. The monoisotopic (exact) mass is 338 g/mol. The van der Waals surface area contributed by atoms with Crippen LogP contribution in [0, 0.1) is 0 Å². The summed E-state index contributed by atoms with van der Waals surface area (Å²) in [5.74, 6) is -0.502. The molecule has 2 amide bonds. The Morgan fingerprint density at radius 1 is 1.22 bits per heavy atom. The molecule has 0 atom stereocenters. The van der Waals surface area contributed by atoms with Gasteiger partial charge < -0.3 is 20.4 Å². The summed E-state index contributed by atoms with van der Waals surface area (Å²) in [6, 6.07) is 5.47. The first kappa shape index (κ1) is 17.6. The number of carbonyl (C=O) groups excluding carboxylic acids is 2. The number of carbonyl (C=O) groups is 2. The fourth-order valence-electron chi connectivity index (χ4n) is 2.62. The van der Waals surface area contributed by atoms with E-state index in [0.717, 1.165) is 38.4 Å². The van der Waals surface area contributed by atoms with Gasteiger partial charge in [0.2, 0.25) is 11.8 Å². The van der Waals surface area contributed by atoms with Crippen molar-refractivity contribution in [1.82, 2.24) is 10.2 Å². The second kappa shape index (κ2) is 8.17. The minimum absolute atomic E-state index is 0.0507. The molecule has 7 heteroatoms. The van der Waals surface area contributed by atoms with E-state index in [-0.39, 0.29) is 18.4 Å². The van der Waals surface area contributed by atoms with Crippen LogP contribution in [0.25, 0.3) is 0 Å². The van der Waals surface area contributed by atoms with Gasteiger partial charge in [-0.1, -0.05) is 24.6 Å². The lowest BCUT2D eigenvalue weighted by molar-refractivity contribution is -0.122. The van der Waals surface area contributed by atoms with Gasteiger partial charge in [-0.15, -0.1) is 0 Å².